The van der Waals surface area contributed by atoms with E-state index < -0.39 is 16.1 Å². The van der Waals surface area contributed by atoms with Crippen molar-refractivity contribution in [3.05, 3.63) is 71.8 Å². The Hall–Kier alpha value is -2.64. The average Bonchev–Trinajstić information content (AvgIpc) is 2.57. The lowest BCUT2D eigenvalue weighted by Crippen LogP contribution is -2.24. The number of benzene rings is 2. The van der Waals surface area contributed by atoms with Gasteiger partial charge in [-0.3, -0.25) is 0 Å². The van der Waals surface area contributed by atoms with Gasteiger partial charge in [0.05, 0.1) is 4.90 Å². The summed E-state index contributed by atoms with van der Waals surface area (Å²) in [5, 5.41) is 7.62. The SMILES string of the molecule is NS(=O)(=O)c1ccc(C=CCNC(=O)OCc2ccccc2)cc1. The van der Waals surface area contributed by atoms with Crippen molar-refractivity contribution in [3.63, 3.8) is 0 Å². The Morgan fingerprint density at radius 1 is 1.08 bits per heavy atom. The van der Waals surface area contributed by atoms with Gasteiger partial charge in [-0.25, -0.2) is 18.4 Å². The summed E-state index contributed by atoms with van der Waals surface area (Å²) in [4.78, 5) is 11.6. The minimum Gasteiger partial charge on any atom is -0.445 e. The topological polar surface area (TPSA) is 98.5 Å². The summed E-state index contributed by atoms with van der Waals surface area (Å²) < 4.78 is 27.4. The fourth-order valence-corrected chi connectivity index (χ4v) is 2.40. The molecule has 6 nitrogen and oxygen atoms in total. The molecule has 0 spiro atoms. The quantitative estimate of drug-likeness (QED) is 0.838. The van der Waals surface area contributed by atoms with Crippen molar-refractivity contribution in [1.29, 1.82) is 0 Å². The van der Waals surface area contributed by atoms with Crippen LogP contribution in [-0.4, -0.2) is 21.1 Å². The number of rotatable bonds is 6. The van der Waals surface area contributed by atoms with E-state index >= 15 is 0 Å². The standard InChI is InChI=1S/C17H18N2O4S/c18-24(21,22)16-10-8-14(9-11-16)7-4-12-19-17(20)23-13-15-5-2-1-3-6-15/h1-11H,12-13H2,(H,19,20)(H2,18,21,22). The van der Waals surface area contributed by atoms with Crippen LogP contribution in [0.25, 0.3) is 6.08 Å². The first kappa shape index (κ1) is 17.7. The highest BCUT2D eigenvalue weighted by Crippen LogP contribution is 2.09. The molecule has 0 aliphatic heterocycles. The van der Waals surface area contributed by atoms with Crippen molar-refractivity contribution < 1.29 is 17.9 Å². The molecular weight excluding hydrogens is 328 g/mol. The number of hydrogen-bond acceptors (Lipinski definition) is 4. The Labute approximate surface area is 141 Å². The minimum absolute atomic E-state index is 0.0577. The van der Waals surface area contributed by atoms with E-state index in [1.807, 2.05) is 30.3 Å². The molecule has 24 heavy (non-hydrogen) atoms. The molecule has 0 aromatic heterocycles. The van der Waals surface area contributed by atoms with E-state index in [1.165, 1.54) is 12.1 Å². The summed E-state index contributed by atoms with van der Waals surface area (Å²) in [5.74, 6) is 0. The third kappa shape index (κ3) is 5.86. The predicted octanol–water partition coefficient (Wildman–Crippen LogP) is 2.27. The lowest BCUT2D eigenvalue weighted by molar-refractivity contribution is 0.141. The number of carbonyl (C=O) groups excluding carboxylic acids is 1. The molecule has 0 radical (unpaired) electrons. The molecule has 0 aliphatic rings. The van der Waals surface area contributed by atoms with Crippen LogP contribution < -0.4 is 10.5 Å². The molecule has 2 rings (SSSR count). The Morgan fingerprint density at radius 3 is 2.38 bits per heavy atom. The minimum atomic E-state index is -3.68. The van der Waals surface area contributed by atoms with Gasteiger partial charge in [-0.2, -0.15) is 0 Å². The van der Waals surface area contributed by atoms with Crippen LogP contribution >= 0.6 is 0 Å². The fraction of sp³-hybridized carbons (Fsp3) is 0.118. The molecule has 0 aliphatic carbocycles. The second kappa shape index (κ2) is 8.28. The molecule has 0 fully saturated rings. The molecule has 0 heterocycles. The van der Waals surface area contributed by atoms with E-state index in [2.05, 4.69) is 5.32 Å². The van der Waals surface area contributed by atoms with Crippen LogP contribution in [0.4, 0.5) is 4.79 Å². The normalized spacial score (nSPS) is 11.4. The zero-order valence-corrected chi connectivity index (χ0v) is 13.7. The average molecular weight is 346 g/mol. The van der Waals surface area contributed by atoms with Gasteiger partial charge in [-0.05, 0) is 23.3 Å². The lowest BCUT2D eigenvalue weighted by Gasteiger charge is -2.05. The summed E-state index contributed by atoms with van der Waals surface area (Å²) in [6.45, 7) is 0.510. The van der Waals surface area contributed by atoms with Crippen LogP contribution in [-0.2, 0) is 21.4 Å². The van der Waals surface area contributed by atoms with Crippen LogP contribution in [0, 0.1) is 0 Å². The Morgan fingerprint density at radius 2 is 1.75 bits per heavy atom. The summed E-state index contributed by atoms with van der Waals surface area (Å²) in [7, 11) is -3.68. The number of primary sulfonamides is 1. The van der Waals surface area contributed by atoms with E-state index in [4.69, 9.17) is 9.88 Å². The molecule has 0 atom stereocenters. The maximum absolute atomic E-state index is 11.5. The zero-order valence-electron chi connectivity index (χ0n) is 12.9. The molecule has 3 N–H and O–H groups in total. The largest absolute Gasteiger partial charge is 0.445 e. The van der Waals surface area contributed by atoms with Crippen LogP contribution in [0.2, 0.25) is 0 Å². The van der Waals surface area contributed by atoms with Gasteiger partial charge in [0, 0.05) is 6.54 Å². The fourth-order valence-electron chi connectivity index (χ4n) is 1.88. The van der Waals surface area contributed by atoms with Crippen molar-refractivity contribution in [2.24, 2.45) is 5.14 Å². The summed E-state index contributed by atoms with van der Waals surface area (Å²) in [6, 6.07) is 15.5. The lowest BCUT2D eigenvalue weighted by atomic mass is 10.2. The Bertz CT molecular complexity index is 800. The molecular formula is C17H18N2O4S. The molecule has 0 saturated heterocycles. The molecule has 2 aromatic carbocycles. The Balaban J connectivity index is 1.75. The summed E-state index contributed by atoms with van der Waals surface area (Å²) >= 11 is 0. The summed E-state index contributed by atoms with van der Waals surface area (Å²) in [5.41, 5.74) is 1.71. The van der Waals surface area contributed by atoms with E-state index in [-0.39, 0.29) is 11.5 Å². The highest BCUT2D eigenvalue weighted by Gasteiger charge is 2.05. The number of sulfonamides is 1. The number of nitrogens with two attached hydrogens (primary N) is 1. The molecule has 2 aromatic rings. The van der Waals surface area contributed by atoms with Gasteiger partial charge in [0.1, 0.15) is 6.61 Å². The van der Waals surface area contributed by atoms with Crippen LogP contribution in [0.3, 0.4) is 0 Å². The smallest absolute Gasteiger partial charge is 0.407 e. The predicted molar refractivity (Wildman–Crippen MR) is 91.5 cm³/mol. The number of ether oxygens (including phenoxy) is 1. The molecule has 126 valence electrons. The van der Waals surface area contributed by atoms with E-state index in [0.29, 0.717) is 6.54 Å². The van der Waals surface area contributed by atoms with Crippen molar-refractivity contribution in [2.75, 3.05) is 6.54 Å². The van der Waals surface area contributed by atoms with Crippen LogP contribution in [0.1, 0.15) is 11.1 Å². The maximum atomic E-state index is 11.5. The zero-order chi connectivity index (χ0) is 17.4. The van der Waals surface area contributed by atoms with Crippen LogP contribution in [0.15, 0.2) is 65.6 Å². The van der Waals surface area contributed by atoms with E-state index in [0.717, 1.165) is 11.1 Å². The second-order valence-electron chi connectivity index (χ2n) is 4.96. The van der Waals surface area contributed by atoms with Crippen molar-refractivity contribution in [2.45, 2.75) is 11.5 Å². The van der Waals surface area contributed by atoms with Gasteiger partial charge >= 0.3 is 6.09 Å². The van der Waals surface area contributed by atoms with Crippen LogP contribution in [0.5, 0.6) is 0 Å². The van der Waals surface area contributed by atoms with E-state index in [9.17, 15) is 13.2 Å². The highest BCUT2D eigenvalue weighted by atomic mass is 32.2. The third-order valence-corrected chi connectivity index (χ3v) is 4.03. The molecule has 0 saturated carbocycles. The first-order chi connectivity index (χ1) is 11.4. The van der Waals surface area contributed by atoms with Gasteiger partial charge in [0.2, 0.25) is 10.0 Å². The highest BCUT2D eigenvalue weighted by molar-refractivity contribution is 7.89. The Kier molecular flexibility index (Phi) is 6.11. The van der Waals surface area contributed by atoms with Gasteiger partial charge in [0.25, 0.3) is 0 Å². The number of hydrogen-bond donors (Lipinski definition) is 2. The monoisotopic (exact) mass is 346 g/mol. The second-order valence-corrected chi connectivity index (χ2v) is 6.52. The first-order valence-corrected chi connectivity index (χ1v) is 8.74. The number of carbonyl (C=O) groups is 1. The molecule has 7 heteroatoms. The summed E-state index contributed by atoms with van der Waals surface area (Å²) in [6.07, 6.45) is 2.98. The first-order valence-electron chi connectivity index (χ1n) is 7.19. The van der Waals surface area contributed by atoms with Gasteiger partial charge in [-0.15, -0.1) is 0 Å². The van der Waals surface area contributed by atoms with Gasteiger partial charge < -0.3 is 10.1 Å². The van der Waals surface area contributed by atoms with Crippen molar-refractivity contribution >= 4 is 22.2 Å². The maximum Gasteiger partial charge on any atom is 0.407 e. The molecule has 0 bridgehead atoms. The van der Waals surface area contributed by atoms with Gasteiger partial charge in [0.15, 0.2) is 0 Å². The van der Waals surface area contributed by atoms with Crippen molar-refractivity contribution in [1.82, 2.24) is 5.32 Å². The molecule has 1 amide bonds. The number of amides is 1. The number of alkyl carbamates (subject to hydrolysis) is 1. The van der Waals surface area contributed by atoms with E-state index in [1.54, 1.807) is 24.3 Å². The third-order valence-electron chi connectivity index (χ3n) is 3.10. The van der Waals surface area contributed by atoms with Gasteiger partial charge in [-0.1, -0.05) is 54.6 Å². The van der Waals surface area contributed by atoms with Crippen molar-refractivity contribution in [3.8, 4) is 0 Å². The number of nitrogens with one attached hydrogen (secondary N) is 1. The molecule has 0 unspecified atom stereocenters.